The molecule has 0 saturated carbocycles. The van der Waals surface area contributed by atoms with E-state index < -0.39 is 0 Å². The third-order valence-corrected chi connectivity index (χ3v) is 3.11. The molecule has 1 heterocycles. The van der Waals surface area contributed by atoms with E-state index in [2.05, 4.69) is 11.8 Å². The summed E-state index contributed by atoms with van der Waals surface area (Å²) in [6, 6.07) is 9.67. The fourth-order valence-electron chi connectivity index (χ4n) is 2.04. The maximum absolute atomic E-state index is 5.77. The Morgan fingerprint density at radius 2 is 2.11 bits per heavy atom. The van der Waals surface area contributed by atoms with Crippen molar-refractivity contribution >= 4 is 5.69 Å². The van der Waals surface area contributed by atoms with Crippen molar-refractivity contribution in [2.75, 3.05) is 19.4 Å². The third kappa shape index (κ3) is 3.51. The maximum Gasteiger partial charge on any atom is 0.125 e. The molecule has 0 atom stereocenters. The first-order valence-electron chi connectivity index (χ1n) is 6.40. The van der Waals surface area contributed by atoms with E-state index in [0.717, 1.165) is 42.4 Å². The number of nitrogens with zero attached hydrogens (tertiary/aromatic N) is 1. The molecule has 1 aromatic heterocycles. The summed E-state index contributed by atoms with van der Waals surface area (Å²) in [4.78, 5) is 2.28. The van der Waals surface area contributed by atoms with E-state index >= 15 is 0 Å². The molecule has 0 radical (unpaired) electrons. The van der Waals surface area contributed by atoms with Crippen molar-refractivity contribution in [2.45, 2.75) is 20.0 Å². The summed E-state index contributed by atoms with van der Waals surface area (Å²) in [5.74, 6) is 1.80. The number of ether oxygens (including phenoxy) is 1. The Bertz CT molecular complexity index is 509. The molecule has 19 heavy (non-hydrogen) atoms. The number of hydrogen-bond acceptors (Lipinski definition) is 4. The second-order valence-corrected chi connectivity index (χ2v) is 4.45. The van der Waals surface area contributed by atoms with Crippen molar-refractivity contribution < 1.29 is 9.15 Å². The van der Waals surface area contributed by atoms with Gasteiger partial charge in [-0.3, -0.25) is 4.90 Å². The molecule has 4 nitrogen and oxygen atoms in total. The Balaban J connectivity index is 2.09. The highest BCUT2D eigenvalue weighted by Gasteiger charge is 2.10. The average Bonchev–Trinajstić information content (AvgIpc) is 2.92. The van der Waals surface area contributed by atoms with Crippen LogP contribution in [0, 0.1) is 0 Å². The zero-order valence-corrected chi connectivity index (χ0v) is 11.4. The minimum atomic E-state index is 0.717. The lowest BCUT2D eigenvalue weighted by Crippen LogP contribution is -2.22. The summed E-state index contributed by atoms with van der Waals surface area (Å²) in [6.07, 6.45) is 1.70. The van der Waals surface area contributed by atoms with E-state index in [9.17, 15) is 0 Å². The predicted molar refractivity (Wildman–Crippen MR) is 75.9 cm³/mol. The molecular formula is C15H20N2O2. The minimum absolute atomic E-state index is 0.717. The van der Waals surface area contributed by atoms with E-state index in [1.54, 1.807) is 13.4 Å². The second kappa shape index (κ2) is 6.29. The molecular weight excluding hydrogens is 240 g/mol. The first-order chi connectivity index (χ1) is 9.22. The first kappa shape index (κ1) is 13.5. The van der Waals surface area contributed by atoms with Crippen LogP contribution in [-0.2, 0) is 13.1 Å². The SMILES string of the molecule is CCN(Cc1ccco1)Cc1ccc(N)cc1OC. The topological polar surface area (TPSA) is 51.6 Å². The third-order valence-electron chi connectivity index (χ3n) is 3.11. The van der Waals surface area contributed by atoms with Gasteiger partial charge in [0.25, 0.3) is 0 Å². The molecule has 0 fully saturated rings. The molecule has 2 aromatic rings. The number of rotatable bonds is 6. The van der Waals surface area contributed by atoms with E-state index in [4.69, 9.17) is 14.9 Å². The number of benzene rings is 1. The molecule has 0 aliphatic rings. The smallest absolute Gasteiger partial charge is 0.125 e. The number of hydrogen-bond donors (Lipinski definition) is 1. The molecule has 2 N–H and O–H groups in total. The lowest BCUT2D eigenvalue weighted by atomic mass is 10.1. The van der Waals surface area contributed by atoms with Crippen LogP contribution < -0.4 is 10.5 Å². The Morgan fingerprint density at radius 3 is 2.74 bits per heavy atom. The normalized spacial score (nSPS) is 10.9. The highest BCUT2D eigenvalue weighted by molar-refractivity contribution is 5.48. The van der Waals surface area contributed by atoms with Gasteiger partial charge in [-0.1, -0.05) is 13.0 Å². The standard InChI is InChI=1S/C15H20N2O2/c1-3-17(11-14-5-4-8-19-14)10-12-6-7-13(16)9-15(12)18-2/h4-9H,3,10-11,16H2,1-2H3. The van der Waals surface area contributed by atoms with Crippen molar-refractivity contribution in [3.8, 4) is 5.75 Å². The summed E-state index contributed by atoms with van der Waals surface area (Å²) in [6.45, 7) is 4.67. The highest BCUT2D eigenvalue weighted by atomic mass is 16.5. The van der Waals surface area contributed by atoms with Crippen LogP contribution in [0.5, 0.6) is 5.75 Å². The van der Waals surface area contributed by atoms with Crippen molar-refractivity contribution in [1.82, 2.24) is 4.90 Å². The molecule has 4 heteroatoms. The van der Waals surface area contributed by atoms with Gasteiger partial charge in [-0.25, -0.2) is 0 Å². The first-order valence-corrected chi connectivity index (χ1v) is 6.40. The summed E-state index contributed by atoms with van der Waals surface area (Å²) in [7, 11) is 1.67. The minimum Gasteiger partial charge on any atom is -0.496 e. The zero-order valence-electron chi connectivity index (χ0n) is 11.4. The van der Waals surface area contributed by atoms with Gasteiger partial charge in [-0.15, -0.1) is 0 Å². The molecule has 2 rings (SSSR count). The Kier molecular flexibility index (Phi) is 4.47. The summed E-state index contributed by atoms with van der Waals surface area (Å²) >= 11 is 0. The van der Waals surface area contributed by atoms with Crippen molar-refractivity contribution in [3.63, 3.8) is 0 Å². The van der Waals surface area contributed by atoms with Gasteiger partial charge in [0, 0.05) is 23.9 Å². The number of nitrogens with two attached hydrogens (primary N) is 1. The zero-order chi connectivity index (χ0) is 13.7. The number of anilines is 1. The number of methoxy groups -OCH3 is 1. The molecule has 102 valence electrons. The van der Waals surface area contributed by atoms with E-state index in [-0.39, 0.29) is 0 Å². The number of nitrogen functional groups attached to an aromatic ring is 1. The highest BCUT2D eigenvalue weighted by Crippen LogP contribution is 2.23. The molecule has 1 aromatic carbocycles. The molecule has 0 spiro atoms. The predicted octanol–water partition coefficient (Wildman–Crippen LogP) is 2.89. The van der Waals surface area contributed by atoms with Gasteiger partial charge < -0.3 is 14.9 Å². The Labute approximate surface area is 113 Å². The molecule has 0 aliphatic carbocycles. The van der Waals surface area contributed by atoms with Gasteiger partial charge >= 0.3 is 0 Å². The van der Waals surface area contributed by atoms with Crippen LogP contribution in [0.15, 0.2) is 41.0 Å². The van der Waals surface area contributed by atoms with Gasteiger partial charge in [-0.2, -0.15) is 0 Å². The molecule has 0 unspecified atom stereocenters. The second-order valence-electron chi connectivity index (χ2n) is 4.45. The molecule has 0 bridgehead atoms. The quantitative estimate of drug-likeness (QED) is 0.811. The van der Waals surface area contributed by atoms with Gasteiger partial charge in [0.1, 0.15) is 11.5 Å². The Morgan fingerprint density at radius 1 is 1.26 bits per heavy atom. The summed E-state index contributed by atoms with van der Waals surface area (Å²) in [5.41, 5.74) is 7.61. The molecule has 0 amide bonds. The van der Waals surface area contributed by atoms with Gasteiger partial charge in [-0.05, 0) is 24.7 Å². The van der Waals surface area contributed by atoms with E-state index in [1.165, 1.54) is 0 Å². The number of furan rings is 1. The average molecular weight is 260 g/mol. The van der Waals surface area contributed by atoms with Crippen LogP contribution in [-0.4, -0.2) is 18.6 Å². The van der Waals surface area contributed by atoms with Crippen LogP contribution in [0.2, 0.25) is 0 Å². The van der Waals surface area contributed by atoms with Crippen LogP contribution in [0.25, 0.3) is 0 Å². The van der Waals surface area contributed by atoms with Crippen molar-refractivity contribution in [1.29, 1.82) is 0 Å². The summed E-state index contributed by atoms with van der Waals surface area (Å²) < 4.78 is 10.8. The fourth-order valence-corrected chi connectivity index (χ4v) is 2.04. The van der Waals surface area contributed by atoms with Gasteiger partial charge in [0.2, 0.25) is 0 Å². The van der Waals surface area contributed by atoms with Crippen molar-refractivity contribution in [2.24, 2.45) is 0 Å². The fraction of sp³-hybridized carbons (Fsp3) is 0.333. The van der Waals surface area contributed by atoms with Gasteiger partial charge in [0.15, 0.2) is 0 Å². The van der Waals surface area contributed by atoms with E-state index in [0.29, 0.717) is 0 Å². The lowest BCUT2D eigenvalue weighted by Gasteiger charge is -2.20. The summed E-state index contributed by atoms with van der Waals surface area (Å²) in [5, 5.41) is 0. The van der Waals surface area contributed by atoms with E-state index in [1.807, 2.05) is 30.3 Å². The lowest BCUT2D eigenvalue weighted by molar-refractivity contribution is 0.244. The van der Waals surface area contributed by atoms with Crippen LogP contribution in [0.1, 0.15) is 18.2 Å². The van der Waals surface area contributed by atoms with Crippen LogP contribution >= 0.6 is 0 Å². The van der Waals surface area contributed by atoms with Crippen LogP contribution in [0.3, 0.4) is 0 Å². The Hall–Kier alpha value is -1.94. The maximum atomic E-state index is 5.77. The monoisotopic (exact) mass is 260 g/mol. The van der Waals surface area contributed by atoms with Crippen LogP contribution in [0.4, 0.5) is 5.69 Å². The van der Waals surface area contributed by atoms with Gasteiger partial charge in [0.05, 0.1) is 19.9 Å². The molecule has 0 aliphatic heterocycles. The largest absolute Gasteiger partial charge is 0.496 e. The molecule has 0 saturated heterocycles. The van der Waals surface area contributed by atoms with Crippen molar-refractivity contribution in [3.05, 3.63) is 47.9 Å².